The molecule has 1 heterocycles. The number of hydrogen-bond donors (Lipinski definition) is 1. The van der Waals surface area contributed by atoms with Crippen molar-refractivity contribution in [2.45, 2.75) is 31.7 Å². The highest BCUT2D eigenvalue weighted by Gasteiger charge is 2.34. The second-order valence-corrected chi connectivity index (χ2v) is 5.52. The molecule has 116 valence electrons. The largest absolute Gasteiger partial charge is 0.380 e. The molecule has 0 aliphatic carbocycles. The molecule has 2 rings (SSSR count). The van der Waals surface area contributed by atoms with Gasteiger partial charge in [0.2, 0.25) is 5.91 Å². The van der Waals surface area contributed by atoms with E-state index in [1.54, 1.807) is 14.2 Å². The summed E-state index contributed by atoms with van der Waals surface area (Å²) in [6, 6.07) is 7.97. The van der Waals surface area contributed by atoms with Gasteiger partial charge in [0.25, 0.3) is 0 Å². The number of rotatable bonds is 6. The van der Waals surface area contributed by atoms with Crippen molar-refractivity contribution in [3.05, 3.63) is 35.4 Å². The highest BCUT2D eigenvalue weighted by Crippen LogP contribution is 2.18. The van der Waals surface area contributed by atoms with Gasteiger partial charge in [-0.3, -0.25) is 9.69 Å². The van der Waals surface area contributed by atoms with E-state index in [9.17, 15) is 4.79 Å². The average molecular weight is 292 g/mol. The number of methoxy groups -OCH3 is 2. The van der Waals surface area contributed by atoms with E-state index in [4.69, 9.17) is 9.47 Å². The molecule has 0 spiro atoms. The third-order valence-electron chi connectivity index (χ3n) is 3.91. The number of amides is 1. The molecule has 1 aliphatic heterocycles. The molecule has 0 bridgehead atoms. The van der Waals surface area contributed by atoms with Crippen LogP contribution in [0.25, 0.3) is 0 Å². The van der Waals surface area contributed by atoms with Crippen LogP contribution in [-0.2, 0) is 27.4 Å². The van der Waals surface area contributed by atoms with Crippen molar-refractivity contribution in [2.75, 3.05) is 27.8 Å². The van der Waals surface area contributed by atoms with Crippen molar-refractivity contribution in [2.24, 2.45) is 0 Å². The van der Waals surface area contributed by atoms with E-state index in [2.05, 4.69) is 11.4 Å². The number of likely N-dealkylation sites (tertiary alicyclic amines) is 1. The van der Waals surface area contributed by atoms with E-state index < -0.39 is 0 Å². The van der Waals surface area contributed by atoms with Gasteiger partial charge in [0.15, 0.2) is 0 Å². The van der Waals surface area contributed by atoms with E-state index in [-0.39, 0.29) is 18.1 Å². The molecule has 1 aromatic rings. The number of ether oxygens (including phenoxy) is 2. The second-order valence-electron chi connectivity index (χ2n) is 5.52. The normalized spacial score (nSPS) is 22.4. The van der Waals surface area contributed by atoms with E-state index in [0.29, 0.717) is 13.2 Å². The summed E-state index contributed by atoms with van der Waals surface area (Å²) < 4.78 is 10.5. The highest BCUT2D eigenvalue weighted by molar-refractivity contribution is 5.82. The van der Waals surface area contributed by atoms with Crippen molar-refractivity contribution >= 4 is 5.91 Å². The summed E-state index contributed by atoms with van der Waals surface area (Å²) in [4.78, 5) is 14.3. The van der Waals surface area contributed by atoms with Crippen LogP contribution >= 0.6 is 0 Å². The minimum absolute atomic E-state index is 0.0641. The molecule has 5 nitrogen and oxygen atoms in total. The smallest absolute Gasteiger partial charge is 0.237 e. The summed E-state index contributed by atoms with van der Waals surface area (Å²) in [5, 5.41) is 3.01. The third-order valence-corrected chi connectivity index (χ3v) is 3.91. The number of likely N-dealkylation sites (N-methyl/N-ethyl adjacent to an activating group) is 1. The summed E-state index contributed by atoms with van der Waals surface area (Å²) >= 11 is 0. The number of nitrogens with zero attached hydrogens (tertiary/aromatic N) is 1. The fraction of sp³-hybridized carbons (Fsp3) is 0.562. The monoisotopic (exact) mass is 292 g/mol. The van der Waals surface area contributed by atoms with Gasteiger partial charge in [0, 0.05) is 27.3 Å². The topological polar surface area (TPSA) is 50.8 Å². The molecular weight excluding hydrogens is 268 g/mol. The Morgan fingerprint density at radius 2 is 2.14 bits per heavy atom. The van der Waals surface area contributed by atoms with Gasteiger partial charge in [-0.05, 0) is 24.6 Å². The molecule has 1 saturated heterocycles. The van der Waals surface area contributed by atoms with E-state index in [1.807, 2.05) is 30.1 Å². The molecule has 0 unspecified atom stereocenters. The van der Waals surface area contributed by atoms with Crippen LogP contribution in [0.3, 0.4) is 0 Å². The molecule has 0 saturated carbocycles. The maximum absolute atomic E-state index is 12.3. The summed E-state index contributed by atoms with van der Waals surface area (Å²) in [7, 11) is 5.33. The standard InChI is InChI=1S/C16H24N2O3/c1-18-10-14(21-3)8-15(18)16(19)17-9-12-5-4-6-13(7-12)11-20-2/h4-7,14-15H,8-11H2,1-3H3,(H,17,19)/t14-,15-/m0/s1. The summed E-state index contributed by atoms with van der Waals surface area (Å²) in [6.45, 7) is 1.93. The van der Waals surface area contributed by atoms with Gasteiger partial charge >= 0.3 is 0 Å². The molecule has 1 amide bonds. The number of nitrogens with one attached hydrogen (secondary N) is 1. The molecule has 1 aromatic carbocycles. The predicted molar refractivity (Wildman–Crippen MR) is 80.8 cm³/mol. The van der Waals surface area contributed by atoms with Crippen LogP contribution in [-0.4, -0.2) is 50.8 Å². The van der Waals surface area contributed by atoms with E-state index in [0.717, 1.165) is 24.1 Å². The quantitative estimate of drug-likeness (QED) is 0.855. The van der Waals surface area contributed by atoms with Crippen molar-refractivity contribution in [1.82, 2.24) is 10.2 Å². The van der Waals surface area contributed by atoms with Gasteiger partial charge in [-0.2, -0.15) is 0 Å². The van der Waals surface area contributed by atoms with Gasteiger partial charge in [0.1, 0.15) is 0 Å². The maximum atomic E-state index is 12.3. The SMILES string of the molecule is COCc1cccc(CNC(=O)[C@@H]2C[C@H](OC)CN2C)c1. The van der Waals surface area contributed by atoms with E-state index >= 15 is 0 Å². The zero-order valence-corrected chi connectivity index (χ0v) is 13.0. The fourth-order valence-electron chi connectivity index (χ4n) is 2.73. The minimum atomic E-state index is -0.0999. The van der Waals surface area contributed by atoms with Crippen molar-refractivity contribution < 1.29 is 14.3 Å². The van der Waals surface area contributed by atoms with Crippen LogP contribution in [0, 0.1) is 0 Å². The van der Waals surface area contributed by atoms with Crippen LogP contribution in [0.2, 0.25) is 0 Å². The summed E-state index contributed by atoms with van der Waals surface area (Å²) in [6.07, 6.45) is 0.901. The Bertz CT molecular complexity index is 478. The number of carbonyl (C=O) groups excluding carboxylic acids is 1. The fourth-order valence-corrected chi connectivity index (χ4v) is 2.73. The van der Waals surface area contributed by atoms with Crippen LogP contribution in [0.5, 0.6) is 0 Å². The lowest BCUT2D eigenvalue weighted by atomic mass is 10.1. The highest BCUT2D eigenvalue weighted by atomic mass is 16.5. The first-order valence-corrected chi connectivity index (χ1v) is 7.21. The Morgan fingerprint density at radius 3 is 2.81 bits per heavy atom. The maximum Gasteiger partial charge on any atom is 0.237 e. The lowest BCUT2D eigenvalue weighted by molar-refractivity contribution is -0.125. The number of carbonyl (C=O) groups is 1. The molecule has 5 heteroatoms. The summed E-state index contributed by atoms with van der Waals surface area (Å²) in [5.74, 6) is 0.0641. The van der Waals surface area contributed by atoms with Gasteiger partial charge in [-0.1, -0.05) is 24.3 Å². The Balaban J connectivity index is 1.88. The predicted octanol–water partition coefficient (Wildman–Crippen LogP) is 1.17. The van der Waals surface area contributed by atoms with Crippen molar-refractivity contribution in [3.63, 3.8) is 0 Å². The molecule has 1 fully saturated rings. The molecule has 2 atom stereocenters. The van der Waals surface area contributed by atoms with Gasteiger partial charge < -0.3 is 14.8 Å². The molecule has 0 radical (unpaired) electrons. The van der Waals surface area contributed by atoms with Crippen LogP contribution in [0.15, 0.2) is 24.3 Å². The van der Waals surface area contributed by atoms with Crippen molar-refractivity contribution in [1.29, 1.82) is 0 Å². The molecular formula is C16H24N2O3. The zero-order valence-electron chi connectivity index (χ0n) is 13.0. The molecule has 1 aliphatic rings. The molecule has 1 N–H and O–H groups in total. The Kier molecular flexibility index (Phi) is 5.73. The lowest BCUT2D eigenvalue weighted by Crippen LogP contribution is -2.41. The number of hydrogen-bond acceptors (Lipinski definition) is 4. The first-order valence-electron chi connectivity index (χ1n) is 7.21. The first kappa shape index (κ1) is 15.9. The van der Waals surface area contributed by atoms with Gasteiger partial charge in [0.05, 0.1) is 18.8 Å². The Hall–Kier alpha value is -1.43. The lowest BCUT2D eigenvalue weighted by Gasteiger charge is -2.18. The van der Waals surface area contributed by atoms with Crippen LogP contribution in [0.4, 0.5) is 0 Å². The Morgan fingerprint density at radius 1 is 1.38 bits per heavy atom. The average Bonchev–Trinajstić information content (AvgIpc) is 2.87. The van der Waals surface area contributed by atoms with Crippen molar-refractivity contribution in [3.8, 4) is 0 Å². The minimum Gasteiger partial charge on any atom is -0.380 e. The van der Waals surface area contributed by atoms with Gasteiger partial charge in [-0.25, -0.2) is 0 Å². The summed E-state index contributed by atoms with van der Waals surface area (Å²) in [5.41, 5.74) is 2.20. The first-order chi connectivity index (χ1) is 10.1. The van der Waals surface area contributed by atoms with Crippen LogP contribution in [0.1, 0.15) is 17.5 Å². The van der Waals surface area contributed by atoms with Gasteiger partial charge in [-0.15, -0.1) is 0 Å². The van der Waals surface area contributed by atoms with E-state index in [1.165, 1.54) is 0 Å². The third kappa shape index (κ3) is 4.27. The molecule has 0 aromatic heterocycles. The van der Waals surface area contributed by atoms with Crippen LogP contribution < -0.4 is 5.32 Å². The Labute approximate surface area is 126 Å². The second kappa shape index (κ2) is 7.54. The zero-order chi connectivity index (χ0) is 15.2. The molecule has 21 heavy (non-hydrogen) atoms. The number of benzene rings is 1.